The fraction of sp³-hybridized carbons (Fsp3) is 0.231. The molecule has 5 heteroatoms. The summed E-state index contributed by atoms with van der Waals surface area (Å²) in [6.45, 7) is 2.71. The molecule has 94 valence electrons. The minimum absolute atomic E-state index is 0.606. The van der Waals surface area contributed by atoms with E-state index in [0.29, 0.717) is 11.7 Å². The maximum atomic E-state index is 5.24. The second-order valence-corrected chi connectivity index (χ2v) is 4.47. The van der Waals surface area contributed by atoms with Crippen LogP contribution in [-0.4, -0.2) is 14.9 Å². The molecule has 0 amide bonds. The van der Waals surface area contributed by atoms with Gasteiger partial charge in [0.25, 0.3) is 0 Å². The SMILES string of the molecule is Cc1c(NC(=S)NCc2ccccc2)cnn1C. The summed E-state index contributed by atoms with van der Waals surface area (Å²) in [6.07, 6.45) is 1.77. The Hall–Kier alpha value is -1.88. The van der Waals surface area contributed by atoms with Crippen LogP contribution in [0.2, 0.25) is 0 Å². The summed E-state index contributed by atoms with van der Waals surface area (Å²) >= 11 is 5.24. The van der Waals surface area contributed by atoms with Crippen LogP contribution in [0.15, 0.2) is 36.5 Å². The summed E-state index contributed by atoms with van der Waals surface area (Å²) in [4.78, 5) is 0. The Morgan fingerprint density at radius 1 is 1.33 bits per heavy atom. The van der Waals surface area contributed by atoms with E-state index in [1.807, 2.05) is 36.9 Å². The van der Waals surface area contributed by atoms with Crippen LogP contribution in [0.3, 0.4) is 0 Å². The van der Waals surface area contributed by atoms with Crippen molar-refractivity contribution in [2.45, 2.75) is 13.5 Å². The Kier molecular flexibility index (Phi) is 3.94. The molecule has 18 heavy (non-hydrogen) atoms. The Bertz CT molecular complexity index is 533. The highest BCUT2D eigenvalue weighted by atomic mass is 32.1. The predicted octanol–water partition coefficient (Wildman–Crippen LogP) is 2.22. The van der Waals surface area contributed by atoms with Gasteiger partial charge in [0.05, 0.1) is 17.6 Å². The number of aryl methyl sites for hydroxylation is 1. The third-order valence-corrected chi connectivity index (χ3v) is 3.03. The molecule has 0 fully saturated rings. The average Bonchev–Trinajstić information content (AvgIpc) is 2.70. The molecule has 0 aliphatic rings. The predicted molar refractivity (Wildman–Crippen MR) is 77.4 cm³/mol. The number of benzene rings is 1. The van der Waals surface area contributed by atoms with E-state index in [-0.39, 0.29) is 0 Å². The monoisotopic (exact) mass is 260 g/mol. The molecular weight excluding hydrogens is 244 g/mol. The third kappa shape index (κ3) is 3.07. The van der Waals surface area contributed by atoms with Crippen molar-refractivity contribution in [3.05, 3.63) is 47.8 Å². The normalized spacial score (nSPS) is 10.1. The molecular formula is C13H16N4S. The van der Waals surface area contributed by atoms with Gasteiger partial charge >= 0.3 is 0 Å². The number of nitrogens with one attached hydrogen (secondary N) is 2. The summed E-state index contributed by atoms with van der Waals surface area (Å²) in [6, 6.07) is 10.1. The van der Waals surface area contributed by atoms with Crippen LogP contribution < -0.4 is 10.6 Å². The quantitative estimate of drug-likeness (QED) is 0.830. The van der Waals surface area contributed by atoms with Crippen molar-refractivity contribution in [3.8, 4) is 0 Å². The molecule has 2 N–H and O–H groups in total. The molecule has 0 aliphatic carbocycles. The molecule has 1 heterocycles. The highest BCUT2D eigenvalue weighted by molar-refractivity contribution is 7.80. The first-order chi connectivity index (χ1) is 8.66. The fourth-order valence-electron chi connectivity index (χ4n) is 1.57. The Morgan fingerprint density at radius 2 is 2.06 bits per heavy atom. The lowest BCUT2D eigenvalue weighted by atomic mass is 10.2. The molecule has 0 saturated heterocycles. The van der Waals surface area contributed by atoms with Gasteiger partial charge in [0.1, 0.15) is 0 Å². The van der Waals surface area contributed by atoms with Crippen molar-refractivity contribution in [1.82, 2.24) is 15.1 Å². The van der Waals surface area contributed by atoms with Gasteiger partial charge in [-0.15, -0.1) is 0 Å². The van der Waals surface area contributed by atoms with E-state index < -0.39 is 0 Å². The second kappa shape index (κ2) is 5.64. The highest BCUT2D eigenvalue weighted by Gasteiger charge is 2.04. The summed E-state index contributed by atoms with van der Waals surface area (Å²) in [5, 5.41) is 11.1. The molecule has 4 nitrogen and oxygen atoms in total. The first-order valence-corrected chi connectivity index (χ1v) is 6.15. The number of aromatic nitrogens is 2. The molecule has 0 atom stereocenters. The van der Waals surface area contributed by atoms with Crippen molar-refractivity contribution in [1.29, 1.82) is 0 Å². The van der Waals surface area contributed by atoms with Gasteiger partial charge in [0, 0.05) is 13.6 Å². The van der Waals surface area contributed by atoms with Crippen LogP contribution in [0.25, 0.3) is 0 Å². The van der Waals surface area contributed by atoms with Gasteiger partial charge in [-0.3, -0.25) is 4.68 Å². The van der Waals surface area contributed by atoms with E-state index in [9.17, 15) is 0 Å². The van der Waals surface area contributed by atoms with E-state index in [4.69, 9.17) is 12.2 Å². The first kappa shape index (κ1) is 12.6. The van der Waals surface area contributed by atoms with Crippen LogP contribution in [0, 0.1) is 6.92 Å². The standard InChI is InChI=1S/C13H16N4S/c1-10-12(9-15-17(10)2)16-13(18)14-8-11-6-4-3-5-7-11/h3-7,9H,8H2,1-2H3,(H2,14,16,18). The zero-order chi connectivity index (χ0) is 13.0. The van der Waals surface area contributed by atoms with Crippen LogP contribution in [0.1, 0.15) is 11.3 Å². The zero-order valence-corrected chi connectivity index (χ0v) is 11.3. The Balaban J connectivity index is 1.88. The lowest BCUT2D eigenvalue weighted by Crippen LogP contribution is -2.28. The van der Waals surface area contributed by atoms with Crippen molar-refractivity contribution < 1.29 is 0 Å². The van der Waals surface area contributed by atoms with Gasteiger partial charge in [-0.2, -0.15) is 5.10 Å². The molecule has 0 radical (unpaired) electrons. The molecule has 0 saturated carbocycles. The van der Waals surface area contributed by atoms with Crippen LogP contribution >= 0.6 is 12.2 Å². The smallest absolute Gasteiger partial charge is 0.171 e. The maximum absolute atomic E-state index is 5.24. The lowest BCUT2D eigenvalue weighted by Gasteiger charge is -2.10. The van der Waals surface area contributed by atoms with Gasteiger partial charge in [0.2, 0.25) is 0 Å². The molecule has 0 aliphatic heterocycles. The molecule has 0 unspecified atom stereocenters. The first-order valence-electron chi connectivity index (χ1n) is 5.74. The van der Waals surface area contributed by atoms with Crippen LogP contribution in [-0.2, 0) is 13.6 Å². The van der Waals surface area contributed by atoms with E-state index in [2.05, 4.69) is 27.9 Å². The number of hydrogen-bond donors (Lipinski definition) is 2. The third-order valence-electron chi connectivity index (χ3n) is 2.78. The number of nitrogens with zero attached hydrogens (tertiary/aromatic N) is 2. The molecule has 1 aromatic carbocycles. The van der Waals surface area contributed by atoms with Crippen molar-refractivity contribution in [3.63, 3.8) is 0 Å². The van der Waals surface area contributed by atoms with Crippen molar-refractivity contribution >= 4 is 23.0 Å². The maximum Gasteiger partial charge on any atom is 0.171 e. The van der Waals surface area contributed by atoms with E-state index in [1.54, 1.807) is 6.20 Å². The number of anilines is 1. The highest BCUT2D eigenvalue weighted by Crippen LogP contribution is 2.11. The summed E-state index contributed by atoms with van der Waals surface area (Å²) in [7, 11) is 1.90. The van der Waals surface area contributed by atoms with Gasteiger partial charge in [-0.05, 0) is 24.7 Å². The number of rotatable bonds is 3. The topological polar surface area (TPSA) is 41.9 Å². The van der Waals surface area contributed by atoms with Crippen LogP contribution in [0.4, 0.5) is 5.69 Å². The Labute approximate surface area is 112 Å². The fourth-order valence-corrected chi connectivity index (χ4v) is 1.75. The average molecular weight is 260 g/mol. The number of hydrogen-bond acceptors (Lipinski definition) is 2. The van der Waals surface area contributed by atoms with E-state index in [1.165, 1.54) is 5.56 Å². The molecule has 2 aromatic rings. The Morgan fingerprint density at radius 3 is 2.67 bits per heavy atom. The minimum atomic E-state index is 0.606. The summed E-state index contributed by atoms with van der Waals surface area (Å²) in [5.41, 5.74) is 3.19. The minimum Gasteiger partial charge on any atom is -0.358 e. The molecule has 0 bridgehead atoms. The van der Waals surface area contributed by atoms with Crippen molar-refractivity contribution in [2.24, 2.45) is 7.05 Å². The zero-order valence-electron chi connectivity index (χ0n) is 10.5. The summed E-state index contributed by atoms with van der Waals surface area (Å²) in [5.74, 6) is 0. The molecule has 2 rings (SSSR count). The molecule has 0 spiro atoms. The number of thiocarbonyl (C=S) groups is 1. The van der Waals surface area contributed by atoms with Crippen LogP contribution in [0.5, 0.6) is 0 Å². The van der Waals surface area contributed by atoms with E-state index in [0.717, 1.165) is 11.4 Å². The van der Waals surface area contributed by atoms with E-state index >= 15 is 0 Å². The van der Waals surface area contributed by atoms with Crippen molar-refractivity contribution in [2.75, 3.05) is 5.32 Å². The molecule has 1 aromatic heterocycles. The van der Waals surface area contributed by atoms with Gasteiger partial charge in [-0.1, -0.05) is 30.3 Å². The van der Waals surface area contributed by atoms with Gasteiger partial charge in [0.15, 0.2) is 5.11 Å². The van der Waals surface area contributed by atoms with Gasteiger partial charge in [-0.25, -0.2) is 0 Å². The second-order valence-electron chi connectivity index (χ2n) is 4.06. The lowest BCUT2D eigenvalue weighted by molar-refractivity contribution is 0.740. The summed E-state index contributed by atoms with van der Waals surface area (Å²) < 4.78 is 1.81. The largest absolute Gasteiger partial charge is 0.358 e. The van der Waals surface area contributed by atoms with Gasteiger partial charge < -0.3 is 10.6 Å².